The van der Waals surface area contributed by atoms with E-state index >= 15 is 0 Å². The smallest absolute Gasteiger partial charge is 0.336 e. The Morgan fingerprint density at radius 2 is 1.59 bits per heavy atom. The van der Waals surface area contributed by atoms with Crippen LogP contribution in [-0.4, -0.2) is 57.4 Å². The number of fused-ring (bicyclic) bond motifs is 1. The van der Waals surface area contributed by atoms with E-state index in [-0.39, 0.29) is 5.57 Å². The Balaban J connectivity index is 1.77. The maximum Gasteiger partial charge on any atom is 0.336 e. The number of benzene rings is 3. The number of carboxylic acid groups (broad SMARTS) is 1. The van der Waals surface area contributed by atoms with Crippen LogP contribution >= 0.6 is 11.3 Å². The van der Waals surface area contributed by atoms with Crippen LogP contribution in [0.4, 0.5) is 0 Å². The van der Waals surface area contributed by atoms with Gasteiger partial charge < -0.3 is 29.0 Å². The van der Waals surface area contributed by atoms with Crippen LogP contribution in [0.5, 0.6) is 28.7 Å². The Morgan fingerprint density at radius 1 is 0.946 bits per heavy atom. The number of carboxylic acids is 1. The number of likely N-dealkylation sites (N-methyl/N-ethyl adjacent to an activating group) is 1. The van der Waals surface area contributed by atoms with Gasteiger partial charge in [0, 0.05) is 22.7 Å². The average molecular weight is 520 g/mol. The summed E-state index contributed by atoms with van der Waals surface area (Å²) in [5.74, 6) is 1.99. The molecule has 0 saturated carbocycles. The molecule has 0 aliphatic rings. The summed E-state index contributed by atoms with van der Waals surface area (Å²) >= 11 is 1.42. The molecule has 1 N–H and O–H groups in total. The maximum absolute atomic E-state index is 12.2. The van der Waals surface area contributed by atoms with Crippen LogP contribution < -0.4 is 18.9 Å². The van der Waals surface area contributed by atoms with E-state index in [4.69, 9.17) is 18.9 Å². The van der Waals surface area contributed by atoms with Gasteiger partial charge in [-0.25, -0.2) is 4.79 Å². The van der Waals surface area contributed by atoms with E-state index in [2.05, 4.69) is 4.90 Å². The van der Waals surface area contributed by atoms with Crippen molar-refractivity contribution in [3.63, 3.8) is 0 Å². The van der Waals surface area contributed by atoms with Gasteiger partial charge in [-0.1, -0.05) is 30.3 Å². The molecule has 0 aliphatic heterocycles. The summed E-state index contributed by atoms with van der Waals surface area (Å²) in [6.45, 7) is 1.39. The van der Waals surface area contributed by atoms with Crippen molar-refractivity contribution in [2.45, 2.75) is 0 Å². The molecule has 0 bridgehead atoms. The zero-order valence-electron chi connectivity index (χ0n) is 21.2. The Kier molecular flexibility index (Phi) is 8.32. The standard InChI is InChI=1S/C29H29NO6S/c1-30(2)14-15-35-20-10-12-21(13-11-20)36-28-23-16-24(33-3)25(34-4)18-26(23)37-27(28)17-22(29(31)32)19-8-6-5-7-9-19/h5-13,16-18H,14-15H2,1-4H3,(H,31,32). The third kappa shape index (κ3) is 6.22. The summed E-state index contributed by atoms with van der Waals surface area (Å²) in [5.41, 5.74) is 0.772. The van der Waals surface area contributed by atoms with E-state index in [1.807, 2.05) is 68.7 Å². The molecule has 0 fully saturated rings. The van der Waals surface area contributed by atoms with Crippen molar-refractivity contribution < 1.29 is 28.8 Å². The van der Waals surface area contributed by atoms with Crippen LogP contribution in [0.25, 0.3) is 21.7 Å². The number of rotatable bonds is 11. The fourth-order valence-corrected chi connectivity index (χ4v) is 4.79. The molecular formula is C29H29NO6S. The monoisotopic (exact) mass is 519 g/mol. The second-order valence-electron chi connectivity index (χ2n) is 8.45. The number of nitrogens with zero attached hydrogens (tertiary/aromatic N) is 1. The van der Waals surface area contributed by atoms with Gasteiger partial charge in [0.2, 0.25) is 0 Å². The fraction of sp³-hybridized carbons (Fsp3) is 0.207. The Morgan fingerprint density at radius 3 is 2.22 bits per heavy atom. The van der Waals surface area contributed by atoms with Gasteiger partial charge in [-0.3, -0.25) is 0 Å². The highest BCUT2D eigenvalue weighted by Gasteiger charge is 2.20. The molecule has 0 spiro atoms. The minimum absolute atomic E-state index is 0.167. The number of ether oxygens (including phenoxy) is 4. The van der Waals surface area contributed by atoms with Crippen molar-refractivity contribution in [2.75, 3.05) is 41.5 Å². The fourth-order valence-electron chi connectivity index (χ4n) is 3.71. The highest BCUT2D eigenvalue weighted by atomic mass is 32.1. The van der Waals surface area contributed by atoms with Gasteiger partial charge in [-0.05, 0) is 56.1 Å². The van der Waals surface area contributed by atoms with Gasteiger partial charge in [0.15, 0.2) is 17.2 Å². The number of thiophene rings is 1. The molecule has 4 rings (SSSR count). The molecule has 192 valence electrons. The predicted octanol–water partition coefficient (Wildman–Crippen LogP) is 6.28. The Hall–Kier alpha value is -4.01. The molecule has 4 aromatic rings. The van der Waals surface area contributed by atoms with Crippen molar-refractivity contribution in [1.29, 1.82) is 0 Å². The maximum atomic E-state index is 12.2. The molecule has 8 heteroatoms. The molecule has 0 radical (unpaired) electrons. The molecule has 0 aliphatic carbocycles. The quantitative estimate of drug-likeness (QED) is 0.234. The van der Waals surface area contributed by atoms with Crippen LogP contribution in [0.1, 0.15) is 10.4 Å². The lowest BCUT2D eigenvalue weighted by Gasteiger charge is -2.12. The lowest BCUT2D eigenvalue weighted by molar-refractivity contribution is -0.130. The highest BCUT2D eigenvalue weighted by molar-refractivity contribution is 7.20. The predicted molar refractivity (Wildman–Crippen MR) is 147 cm³/mol. The minimum atomic E-state index is -1.02. The van der Waals surface area contributed by atoms with Gasteiger partial charge in [-0.2, -0.15) is 0 Å². The summed E-state index contributed by atoms with van der Waals surface area (Å²) in [6.07, 6.45) is 1.65. The van der Waals surface area contributed by atoms with Crippen LogP contribution in [0.15, 0.2) is 66.7 Å². The molecule has 0 atom stereocenters. The van der Waals surface area contributed by atoms with Gasteiger partial charge in [0.1, 0.15) is 18.1 Å². The Labute approximate surface area is 220 Å². The summed E-state index contributed by atoms with van der Waals surface area (Å²) < 4.78 is 24.0. The average Bonchev–Trinajstić information content (AvgIpc) is 3.23. The van der Waals surface area contributed by atoms with Crippen molar-refractivity contribution in [3.05, 3.63) is 77.2 Å². The molecule has 37 heavy (non-hydrogen) atoms. The first-order valence-electron chi connectivity index (χ1n) is 11.6. The summed E-state index contributed by atoms with van der Waals surface area (Å²) in [6, 6.07) is 20.1. The van der Waals surface area contributed by atoms with E-state index in [0.717, 1.165) is 22.4 Å². The summed E-state index contributed by atoms with van der Waals surface area (Å²) in [7, 11) is 7.14. The normalized spacial score (nSPS) is 11.5. The first-order chi connectivity index (χ1) is 17.9. The number of aliphatic carboxylic acids is 1. The van der Waals surface area contributed by atoms with E-state index in [0.29, 0.717) is 40.0 Å². The zero-order chi connectivity index (χ0) is 26.4. The molecule has 7 nitrogen and oxygen atoms in total. The number of hydrogen-bond donors (Lipinski definition) is 1. The van der Waals surface area contributed by atoms with Gasteiger partial charge in [0.05, 0.1) is 24.7 Å². The lowest BCUT2D eigenvalue weighted by atomic mass is 10.1. The summed E-state index contributed by atoms with van der Waals surface area (Å²) in [5, 5.41) is 10.8. The van der Waals surface area contributed by atoms with Gasteiger partial charge in [-0.15, -0.1) is 11.3 Å². The molecule has 1 aromatic heterocycles. The molecule has 3 aromatic carbocycles. The summed E-state index contributed by atoms with van der Waals surface area (Å²) in [4.78, 5) is 14.9. The minimum Gasteiger partial charge on any atom is -0.493 e. The second kappa shape index (κ2) is 11.8. The van der Waals surface area contributed by atoms with Crippen LogP contribution in [0, 0.1) is 0 Å². The molecule has 0 unspecified atom stereocenters. The molecule has 1 heterocycles. The Bertz CT molecular complexity index is 1390. The number of carbonyl (C=O) groups is 1. The van der Waals surface area contributed by atoms with Crippen LogP contribution in [0.2, 0.25) is 0 Å². The topological polar surface area (TPSA) is 77.5 Å². The first-order valence-corrected chi connectivity index (χ1v) is 12.5. The van der Waals surface area contributed by atoms with Gasteiger partial charge >= 0.3 is 5.97 Å². The SMILES string of the molecule is COc1cc2sc(C=C(C(=O)O)c3ccccc3)c(Oc3ccc(OCCN(C)C)cc3)c2cc1OC. The van der Waals surface area contributed by atoms with Crippen LogP contribution in [0.3, 0.4) is 0 Å². The lowest BCUT2D eigenvalue weighted by Crippen LogP contribution is -2.19. The van der Waals surface area contributed by atoms with Gasteiger partial charge in [0.25, 0.3) is 0 Å². The number of methoxy groups -OCH3 is 2. The zero-order valence-corrected chi connectivity index (χ0v) is 22.0. The molecular weight excluding hydrogens is 490 g/mol. The van der Waals surface area contributed by atoms with E-state index in [1.54, 1.807) is 32.4 Å². The van der Waals surface area contributed by atoms with E-state index in [9.17, 15) is 9.90 Å². The van der Waals surface area contributed by atoms with Crippen molar-refractivity contribution in [2.24, 2.45) is 0 Å². The third-order valence-corrected chi connectivity index (χ3v) is 6.70. The van der Waals surface area contributed by atoms with Crippen molar-refractivity contribution in [1.82, 2.24) is 4.90 Å². The second-order valence-corrected chi connectivity index (χ2v) is 9.54. The van der Waals surface area contributed by atoms with Crippen molar-refractivity contribution >= 4 is 39.0 Å². The number of hydrogen-bond acceptors (Lipinski definition) is 7. The molecule has 0 saturated heterocycles. The first kappa shape index (κ1) is 26.1. The van der Waals surface area contributed by atoms with E-state index in [1.165, 1.54) is 11.3 Å². The van der Waals surface area contributed by atoms with Crippen LogP contribution in [-0.2, 0) is 4.79 Å². The highest BCUT2D eigenvalue weighted by Crippen LogP contribution is 2.46. The van der Waals surface area contributed by atoms with E-state index < -0.39 is 5.97 Å². The molecule has 0 amide bonds. The largest absolute Gasteiger partial charge is 0.493 e. The third-order valence-electron chi connectivity index (χ3n) is 5.62. The van der Waals surface area contributed by atoms with Crippen molar-refractivity contribution in [3.8, 4) is 28.7 Å².